The summed E-state index contributed by atoms with van der Waals surface area (Å²) in [5.74, 6) is 0.769. The second kappa shape index (κ2) is 7.10. The van der Waals surface area contributed by atoms with Crippen molar-refractivity contribution in [3.8, 4) is 0 Å². The highest BCUT2D eigenvalue weighted by atomic mass is 16.3. The number of unbranched alkanes of at least 4 members (excludes halogenated alkanes) is 4. The van der Waals surface area contributed by atoms with Crippen LogP contribution in [0.4, 0.5) is 0 Å². The molecule has 0 aliphatic carbocycles. The van der Waals surface area contributed by atoms with E-state index in [9.17, 15) is 4.79 Å². The van der Waals surface area contributed by atoms with Crippen LogP contribution in [0.2, 0.25) is 0 Å². The van der Waals surface area contributed by atoms with E-state index in [4.69, 9.17) is 9.52 Å². The largest absolute Gasteiger partial charge is 0.461 e. The van der Waals surface area contributed by atoms with E-state index >= 15 is 0 Å². The van der Waals surface area contributed by atoms with Gasteiger partial charge in [0, 0.05) is 19.1 Å². The van der Waals surface area contributed by atoms with Crippen molar-refractivity contribution in [2.45, 2.75) is 38.5 Å². The van der Waals surface area contributed by atoms with Crippen molar-refractivity contribution in [3.63, 3.8) is 0 Å². The lowest BCUT2D eigenvalue weighted by molar-refractivity contribution is 0.282. The number of benzene rings is 1. The molecule has 3 nitrogen and oxygen atoms in total. The molecular weight excluding hydrogens is 240 g/mol. The number of aliphatic hydroxyl groups is 1. The highest BCUT2D eigenvalue weighted by Gasteiger charge is 2.03. The van der Waals surface area contributed by atoms with Crippen molar-refractivity contribution >= 4 is 11.0 Å². The summed E-state index contributed by atoms with van der Waals surface area (Å²) < 4.78 is 5.73. The maximum atomic E-state index is 11.9. The predicted molar refractivity (Wildman–Crippen MR) is 76.4 cm³/mol. The van der Waals surface area contributed by atoms with Gasteiger partial charge >= 0.3 is 0 Å². The van der Waals surface area contributed by atoms with Crippen LogP contribution in [0.3, 0.4) is 0 Å². The van der Waals surface area contributed by atoms with E-state index in [-0.39, 0.29) is 12.0 Å². The van der Waals surface area contributed by atoms with Crippen LogP contribution in [-0.2, 0) is 6.42 Å². The predicted octanol–water partition coefficient (Wildman–Crippen LogP) is 3.28. The van der Waals surface area contributed by atoms with Crippen molar-refractivity contribution in [1.82, 2.24) is 0 Å². The lowest BCUT2D eigenvalue weighted by atomic mass is 10.1. The fourth-order valence-corrected chi connectivity index (χ4v) is 2.22. The molecule has 0 saturated heterocycles. The third kappa shape index (κ3) is 3.93. The van der Waals surface area contributed by atoms with E-state index in [1.807, 2.05) is 18.2 Å². The normalized spacial score (nSPS) is 11.0. The van der Waals surface area contributed by atoms with Crippen molar-refractivity contribution in [1.29, 1.82) is 0 Å². The molecule has 1 aromatic carbocycles. The second-order valence-electron chi connectivity index (χ2n) is 4.81. The minimum atomic E-state index is 0.0390. The Morgan fingerprint density at radius 3 is 2.58 bits per heavy atom. The first-order chi connectivity index (χ1) is 9.31. The summed E-state index contributed by atoms with van der Waals surface area (Å²) in [6.45, 7) is 0.277. The van der Waals surface area contributed by atoms with Gasteiger partial charge in [-0.25, -0.2) is 0 Å². The van der Waals surface area contributed by atoms with E-state index in [2.05, 4.69) is 0 Å². The summed E-state index contributed by atoms with van der Waals surface area (Å²) >= 11 is 0. The number of para-hydroxylation sites is 1. The number of aryl methyl sites for hydroxylation is 1. The topological polar surface area (TPSA) is 50.4 Å². The fourth-order valence-electron chi connectivity index (χ4n) is 2.22. The zero-order valence-corrected chi connectivity index (χ0v) is 11.1. The molecule has 0 saturated carbocycles. The molecule has 1 heterocycles. The van der Waals surface area contributed by atoms with Gasteiger partial charge in [-0.1, -0.05) is 31.4 Å². The Bertz CT molecular complexity index is 571. The molecule has 0 amide bonds. The smallest absolute Gasteiger partial charge is 0.192 e. The SMILES string of the molecule is O=c1cc(CCCCCCCO)oc2ccccc12. The van der Waals surface area contributed by atoms with Gasteiger partial charge in [-0.15, -0.1) is 0 Å². The Morgan fingerprint density at radius 1 is 1.00 bits per heavy atom. The Hall–Kier alpha value is -1.61. The van der Waals surface area contributed by atoms with Gasteiger partial charge in [-0.2, -0.15) is 0 Å². The third-order valence-corrected chi connectivity index (χ3v) is 3.27. The molecule has 0 radical (unpaired) electrons. The van der Waals surface area contributed by atoms with Gasteiger partial charge in [0.1, 0.15) is 11.3 Å². The summed E-state index contributed by atoms with van der Waals surface area (Å²) in [4.78, 5) is 11.9. The molecule has 102 valence electrons. The van der Waals surface area contributed by atoms with Gasteiger partial charge in [-0.05, 0) is 25.0 Å². The third-order valence-electron chi connectivity index (χ3n) is 3.27. The summed E-state index contributed by atoms with van der Waals surface area (Å²) in [7, 11) is 0. The van der Waals surface area contributed by atoms with Crippen LogP contribution in [0.5, 0.6) is 0 Å². The number of rotatable bonds is 7. The minimum absolute atomic E-state index is 0.0390. The number of hydrogen-bond acceptors (Lipinski definition) is 3. The van der Waals surface area contributed by atoms with Gasteiger partial charge in [0.2, 0.25) is 0 Å². The summed E-state index contributed by atoms with van der Waals surface area (Å²) in [6.07, 6.45) is 6.00. The molecule has 1 N–H and O–H groups in total. The average Bonchev–Trinajstić information content (AvgIpc) is 2.43. The van der Waals surface area contributed by atoms with Crippen LogP contribution >= 0.6 is 0 Å². The van der Waals surface area contributed by atoms with Crippen molar-refractivity contribution in [2.75, 3.05) is 6.61 Å². The zero-order chi connectivity index (χ0) is 13.5. The number of hydrogen-bond donors (Lipinski definition) is 1. The molecule has 0 spiro atoms. The zero-order valence-electron chi connectivity index (χ0n) is 11.1. The summed E-state index contributed by atoms with van der Waals surface area (Å²) in [6, 6.07) is 8.96. The fraction of sp³-hybridized carbons (Fsp3) is 0.438. The first-order valence-corrected chi connectivity index (χ1v) is 6.94. The molecular formula is C16H20O3. The van der Waals surface area contributed by atoms with Gasteiger partial charge in [0.25, 0.3) is 0 Å². The molecule has 0 bridgehead atoms. The van der Waals surface area contributed by atoms with Crippen molar-refractivity contribution in [2.24, 2.45) is 0 Å². The quantitative estimate of drug-likeness (QED) is 0.777. The Balaban J connectivity index is 1.92. The van der Waals surface area contributed by atoms with Crippen molar-refractivity contribution < 1.29 is 9.52 Å². The van der Waals surface area contributed by atoms with Gasteiger partial charge in [0.15, 0.2) is 5.43 Å². The van der Waals surface area contributed by atoms with Crippen molar-refractivity contribution in [3.05, 3.63) is 46.3 Å². The van der Waals surface area contributed by atoms with E-state index < -0.39 is 0 Å². The standard InChI is InChI=1S/C16H20O3/c17-11-7-3-1-2-4-8-13-12-15(18)14-9-5-6-10-16(14)19-13/h5-6,9-10,12,17H,1-4,7-8,11H2. The van der Waals surface area contributed by atoms with Gasteiger partial charge < -0.3 is 9.52 Å². The van der Waals surface area contributed by atoms with Gasteiger partial charge in [-0.3, -0.25) is 4.79 Å². The van der Waals surface area contributed by atoms with E-state index in [0.29, 0.717) is 11.0 Å². The van der Waals surface area contributed by atoms with E-state index in [1.54, 1.807) is 12.1 Å². The molecule has 0 aliphatic rings. The molecule has 2 rings (SSSR count). The van der Waals surface area contributed by atoms with Gasteiger partial charge in [0.05, 0.1) is 5.39 Å². The molecule has 2 aromatic rings. The highest BCUT2D eigenvalue weighted by molar-refractivity contribution is 5.76. The summed E-state index contributed by atoms with van der Waals surface area (Å²) in [5, 5.41) is 9.33. The molecule has 0 aliphatic heterocycles. The molecule has 0 fully saturated rings. The first-order valence-electron chi connectivity index (χ1n) is 6.94. The number of aliphatic hydroxyl groups excluding tert-OH is 1. The Labute approximate surface area is 112 Å². The summed E-state index contributed by atoms with van der Waals surface area (Å²) in [5.41, 5.74) is 0.711. The molecule has 1 aromatic heterocycles. The first kappa shape index (κ1) is 13.8. The van der Waals surface area contributed by atoms with Crippen LogP contribution in [0.15, 0.2) is 39.5 Å². The maximum Gasteiger partial charge on any atom is 0.192 e. The molecule has 3 heteroatoms. The Morgan fingerprint density at radius 2 is 1.74 bits per heavy atom. The lowest BCUT2D eigenvalue weighted by Crippen LogP contribution is -2.02. The van der Waals surface area contributed by atoms with E-state index in [1.165, 1.54) is 0 Å². The minimum Gasteiger partial charge on any atom is -0.461 e. The molecule has 0 atom stereocenters. The van der Waals surface area contributed by atoms with E-state index in [0.717, 1.165) is 44.3 Å². The Kier molecular flexibility index (Phi) is 5.16. The highest BCUT2D eigenvalue weighted by Crippen LogP contribution is 2.14. The monoisotopic (exact) mass is 260 g/mol. The molecule has 19 heavy (non-hydrogen) atoms. The maximum absolute atomic E-state index is 11.9. The van der Waals surface area contributed by atoms with Crippen LogP contribution < -0.4 is 5.43 Å². The molecule has 0 unspecified atom stereocenters. The van der Waals surface area contributed by atoms with Crippen LogP contribution in [0.25, 0.3) is 11.0 Å². The van der Waals surface area contributed by atoms with Crippen LogP contribution in [0, 0.1) is 0 Å². The van der Waals surface area contributed by atoms with Crippen LogP contribution in [0.1, 0.15) is 37.9 Å². The average molecular weight is 260 g/mol. The number of fused-ring (bicyclic) bond motifs is 1. The second-order valence-corrected chi connectivity index (χ2v) is 4.81. The van der Waals surface area contributed by atoms with Crippen LogP contribution in [-0.4, -0.2) is 11.7 Å². The lowest BCUT2D eigenvalue weighted by Gasteiger charge is -2.03.